The molecule has 0 aromatic heterocycles. The molecule has 2 aliphatic heterocycles. The topological polar surface area (TPSA) is 196 Å². The number of hydrogen-bond acceptors (Lipinski definition) is 11. The van der Waals surface area contributed by atoms with E-state index in [9.17, 15) is 40.5 Å². The van der Waals surface area contributed by atoms with Crippen molar-refractivity contribution in [1.82, 2.24) is 0 Å². The van der Waals surface area contributed by atoms with Crippen molar-refractivity contribution in [3.8, 4) is 0 Å². The summed E-state index contributed by atoms with van der Waals surface area (Å²) in [5.41, 5.74) is -0.391. The number of allylic oxidation sites excluding steroid dienone is 1. The van der Waals surface area contributed by atoms with Crippen LogP contribution in [0, 0.1) is 56.7 Å². The van der Waals surface area contributed by atoms with Gasteiger partial charge in [-0.2, -0.15) is 0 Å². The van der Waals surface area contributed by atoms with Gasteiger partial charge in [-0.05, 0) is 124 Å². The molecule has 7 aliphatic rings. The Morgan fingerprint density at radius 3 is 2.13 bits per heavy atom. The molecular formula is C41H66O12. The van der Waals surface area contributed by atoms with Crippen molar-refractivity contribution in [3.05, 3.63) is 12.2 Å². The Morgan fingerprint density at radius 1 is 0.774 bits per heavy atom. The van der Waals surface area contributed by atoms with Crippen LogP contribution < -0.4 is 0 Å². The van der Waals surface area contributed by atoms with E-state index in [0.29, 0.717) is 24.7 Å². The van der Waals surface area contributed by atoms with Crippen molar-refractivity contribution in [3.63, 3.8) is 0 Å². The molecule has 7 N–H and O–H groups in total. The molecule has 0 aromatic rings. The first kappa shape index (κ1) is 40.0. The number of hydrogen-bond donors (Lipinski definition) is 7. The lowest BCUT2D eigenvalue weighted by Crippen LogP contribution is -2.68. The maximum atomic E-state index is 13.0. The summed E-state index contributed by atoms with van der Waals surface area (Å²) < 4.78 is 24.4. The lowest BCUT2D eigenvalue weighted by molar-refractivity contribution is -0.330. The van der Waals surface area contributed by atoms with Gasteiger partial charge >= 0.3 is 5.97 Å². The molecule has 2 heterocycles. The van der Waals surface area contributed by atoms with Gasteiger partial charge in [-0.1, -0.05) is 39.8 Å². The van der Waals surface area contributed by atoms with E-state index in [-0.39, 0.29) is 40.6 Å². The molecule has 14 unspecified atom stereocenters. The molecule has 0 amide bonds. The van der Waals surface area contributed by atoms with Gasteiger partial charge < -0.3 is 54.7 Å². The van der Waals surface area contributed by atoms with E-state index in [1.165, 1.54) is 0 Å². The fourth-order valence-corrected chi connectivity index (χ4v) is 14.3. The van der Waals surface area contributed by atoms with E-state index in [2.05, 4.69) is 41.2 Å². The molecule has 0 radical (unpaired) electrons. The van der Waals surface area contributed by atoms with Gasteiger partial charge in [0.2, 0.25) is 0 Å². The maximum Gasteiger partial charge on any atom is 0.309 e. The Balaban J connectivity index is 1.14. The van der Waals surface area contributed by atoms with E-state index >= 15 is 0 Å². The highest BCUT2D eigenvalue weighted by atomic mass is 16.8. The third-order valence-electron chi connectivity index (χ3n) is 17.4. The van der Waals surface area contributed by atoms with Crippen LogP contribution in [0.4, 0.5) is 0 Å². The molecule has 0 spiro atoms. The fraction of sp³-hybridized carbons (Fsp3) is 0.927. The number of carboxylic acids is 1. The highest BCUT2D eigenvalue weighted by molar-refractivity contribution is 5.76. The first-order valence-electron chi connectivity index (χ1n) is 20.3. The molecule has 20 atom stereocenters. The Hall–Kier alpha value is -1.19. The number of aliphatic hydroxyl groups is 6. The Kier molecular flexibility index (Phi) is 10.4. The largest absolute Gasteiger partial charge is 0.481 e. The van der Waals surface area contributed by atoms with Crippen LogP contribution in [0.3, 0.4) is 0 Å². The van der Waals surface area contributed by atoms with E-state index in [4.69, 9.17) is 18.9 Å². The lowest BCUT2D eigenvalue weighted by Gasteiger charge is -2.73. The van der Waals surface area contributed by atoms with E-state index in [1.54, 1.807) is 6.92 Å². The van der Waals surface area contributed by atoms with Crippen LogP contribution in [0.2, 0.25) is 0 Å². The van der Waals surface area contributed by atoms with Crippen LogP contribution >= 0.6 is 0 Å². The van der Waals surface area contributed by atoms with Gasteiger partial charge in [-0.15, -0.1) is 0 Å². The Bertz CT molecular complexity index is 1410. The van der Waals surface area contributed by atoms with E-state index in [1.807, 2.05) is 0 Å². The predicted octanol–water partition coefficient (Wildman–Crippen LogP) is 3.38. The summed E-state index contributed by atoms with van der Waals surface area (Å²) in [6.45, 7) is 16.8. The number of carbonyl (C=O) groups is 1. The fourth-order valence-electron chi connectivity index (χ4n) is 14.3. The first-order chi connectivity index (χ1) is 24.8. The zero-order valence-corrected chi connectivity index (χ0v) is 32.5. The molecule has 302 valence electrons. The molecule has 53 heavy (non-hydrogen) atoms. The zero-order chi connectivity index (χ0) is 38.6. The second kappa shape index (κ2) is 13.7. The van der Waals surface area contributed by atoms with Crippen LogP contribution in [0.1, 0.15) is 106 Å². The highest BCUT2D eigenvalue weighted by Gasteiger charge is 2.72. The molecule has 0 aromatic carbocycles. The molecule has 12 nitrogen and oxygen atoms in total. The summed E-state index contributed by atoms with van der Waals surface area (Å²) in [6, 6.07) is 0. The standard InChI is InChI=1S/C41H66O12/c1-20(2)22-10-15-41(36(48)49)17-16-39(6)23(28(22)41)8-9-26-37(4)13-12-27(38(5,19-43)25(37)11-14-40(26,39)7)52-35-33(30(45)24(18-42)51-35)53-34-32(47)31(46)29(44)21(3)50-34/h21-35,42-47H,1,8-19H2,2-7H3,(H,48,49)/t21?,22?,23-,24?,25?,26?,27+,28?,29?,30?,31?,32?,33?,34?,35?,37+,38+,39?,40-,41+/m1/s1. The van der Waals surface area contributed by atoms with E-state index < -0.39 is 84.8 Å². The van der Waals surface area contributed by atoms with Gasteiger partial charge in [-0.25, -0.2) is 0 Å². The first-order valence-corrected chi connectivity index (χ1v) is 20.3. The SMILES string of the molecule is C=C(C)C1CC[C@]2(C(=O)O)CCC3(C)[C@H](CCC4[C@@]5(C)CC[C@H](OC6OC(CO)C(O)C6OC6OC(C)C(O)C(O)C6O)[C@@](C)(CO)C5CC[C@]43C)C12. The average molecular weight is 751 g/mol. The van der Waals surface area contributed by atoms with Crippen molar-refractivity contribution in [2.45, 2.75) is 167 Å². The summed E-state index contributed by atoms with van der Waals surface area (Å²) in [5.74, 6) is 0.491. The molecule has 5 aliphatic carbocycles. The summed E-state index contributed by atoms with van der Waals surface area (Å²) in [4.78, 5) is 13.0. The molecule has 7 rings (SSSR count). The maximum absolute atomic E-state index is 13.0. The summed E-state index contributed by atoms with van der Waals surface area (Å²) in [5, 5.41) is 74.5. The number of aliphatic hydroxyl groups excluding tert-OH is 6. The number of fused-ring (bicyclic) bond motifs is 7. The minimum atomic E-state index is -1.60. The van der Waals surface area contributed by atoms with Gasteiger partial charge in [0.25, 0.3) is 0 Å². The predicted molar refractivity (Wildman–Crippen MR) is 192 cm³/mol. The van der Waals surface area contributed by atoms with Crippen LogP contribution in [0.15, 0.2) is 12.2 Å². The van der Waals surface area contributed by atoms with Gasteiger partial charge in [0.1, 0.15) is 36.6 Å². The third-order valence-corrected chi connectivity index (χ3v) is 17.4. The van der Waals surface area contributed by atoms with Crippen molar-refractivity contribution in [1.29, 1.82) is 0 Å². The molecule has 12 heteroatoms. The molecular weight excluding hydrogens is 684 g/mol. The zero-order valence-electron chi connectivity index (χ0n) is 32.5. The normalized spacial score (nSPS) is 56.5. The second-order valence-electron chi connectivity index (χ2n) is 19.5. The van der Waals surface area contributed by atoms with Crippen molar-refractivity contribution >= 4 is 5.97 Å². The summed E-state index contributed by atoms with van der Waals surface area (Å²) in [7, 11) is 0. The summed E-state index contributed by atoms with van der Waals surface area (Å²) in [6.07, 6.45) is -3.30. The van der Waals surface area contributed by atoms with Crippen LogP contribution in [-0.4, -0.2) is 116 Å². The minimum Gasteiger partial charge on any atom is -0.481 e. The Labute approximate surface area is 314 Å². The van der Waals surface area contributed by atoms with Gasteiger partial charge in [-0.3, -0.25) is 4.79 Å². The number of carboxylic acid groups (broad SMARTS) is 1. The van der Waals surface area contributed by atoms with Crippen molar-refractivity contribution in [2.75, 3.05) is 13.2 Å². The number of aliphatic carboxylic acids is 1. The third kappa shape index (κ3) is 5.62. The van der Waals surface area contributed by atoms with E-state index in [0.717, 1.165) is 56.9 Å². The van der Waals surface area contributed by atoms with Crippen molar-refractivity contribution in [2.24, 2.45) is 56.7 Å². The van der Waals surface area contributed by atoms with Gasteiger partial charge in [0.05, 0.1) is 30.8 Å². The Morgan fingerprint density at radius 2 is 1.49 bits per heavy atom. The number of rotatable bonds is 8. The minimum absolute atomic E-state index is 0.0137. The van der Waals surface area contributed by atoms with Gasteiger partial charge in [0, 0.05) is 5.41 Å². The quantitative estimate of drug-likeness (QED) is 0.179. The van der Waals surface area contributed by atoms with Crippen LogP contribution in [0.25, 0.3) is 0 Å². The smallest absolute Gasteiger partial charge is 0.309 e. The molecule has 0 bridgehead atoms. The average Bonchev–Trinajstić information content (AvgIpc) is 3.66. The van der Waals surface area contributed by atoms with Crippen LogP contribution in [0.5, 0.6) is 0 Å². The van der Waals surface area contributed by atoms with Crippen molar-refractivity contribution < 1.29 is 59.5 Å². The van der Waals surface area contributed by atoms with Gasteiger partial charge in [0.15, 0.2) is 12.6 Å². The monoisotopic (exact) mass is 750 g/mol. The summed E-state index contributed by atoms with van der Waals surface area (Å²) >= 11 is 0. The molecule has 7 fully saturated rings. The lowest BCUT2D eigenvalue weighted by atomic mass is 9.32. The highest BCUT2D eigenvalue weighted by Crippen LogP contribution is 2.77. The second-order valence-corrected chi connectivity index (χ2v) is 19.5. The molecule has 2 saturated heterocycles. The molecule has 5 saturated carbocycles. The number of ether oxygens (including phenoxy) is 4. The van der Waals surface area contributed by atoms with Crippen LogP contribution in [-0.2, 0) is 23.7 Å².